The number of aryl methyl sites for hydroxylation is 1. The van der Waals surface area contributed by atoms with Crippen LogP contribution >= 0.6 is 0 Å². The third-order valence-corrected chi connectivity index (χ3v) is 4.30. The summed E-state index contributed by atoms with van der Waals surface area (Å²) < 4.78 is 40.0. The van der Waals surface area contributed by atoms with Gasteiger partial charge in [-0.15, -0.1) is 0 Å². The second-order valence-electron chi connectivity index (χ2n) is 5.91. The summed E-state index contributed by atoms with van der Waals surface area (Å²) in [5.74, 6) is -0.734. The van der Waals surface area contributed by atoms with Crippen molar-refractivity contribution in [2.75, 3.05) is 0 Å². The SMILES string of the molecule is C[C@H](c1ccc(C(F)(F)F)nc1)n1nc2n(c1=O)[C@H](C(=O)O)CCC2. The number of aromatic nitrogens is 4. The third kappa shape index (κ3) is 3.03. The van der Waals surface area contributed by atoms with Crippen LogP contribution < -0.4 is 5.69 Å². The molecule has 3 heterocycles. The highest BCUT2D eigenvalue weighted by Gasteiger charge is 2.33. The van der Waals surface area contributed by atoms with Crippen molar-refractivity contribution in [1.29, 1.82) is 0 Å². The zero-order chi connectivity index (χ0) is 18.4. The van der Waals surface area contributed by atoms with Crippen LogP contribution in [0.3, 0.4) is 0 Å². The second kappa shape index (κ2) is 6.01. The number of pyridine rings is 1. The molecule has 0 radical (unpaired) electrons. The lowest BCUT2D eigenvalue weighted by Gasteiger charge is -2.19. The predicted molar refractivity (Wildman–Crippen MR) is 79.1 cm³/mol. The normalized spacial score (nSPS) is 18.6. The smallest absolute Gasteiger partial charge is 0.433 e. The van der Waals surface area contributed by atoms with Gasteiger partial charge >= 0.3 is 17.8 Å². The Balaban J connectivity index is 1.97. The van der Waals surface area contributed by atoms with Crippen LogP contribution in [0.25, 0.3) is 0 Å². The van der Waals surface area contributed by atoms with Crippen molar-refractivity contribution >= 4 is 5.97 Å². The number of fused-ring (bicyclic) bond motifs is 1. The fraction of sp³-hybridized carbons (Fsp3) is 0.467. The Morgan fingerprint density at radius 3 is 2.68 bits per heavy atom. The van der Waals surface area contributed by atoms with Crippen LogP contribution in [-0.4, -0.2) is 30.4 Å². The molecule has 0 unspecified atom stereocenters. The van der Waals surface area contributed by atoms with E-state index in [0.717, 1.165) is 21.5 Å². The maximum absolute atomic E-state index is 12.6. The minimum Gasteiger partial charge on any atom is -0.480 e. The van der Waals surface area contributed by atoms with Crippen LogP contribution in [-0.2, 0) is 17.4 Å². The van der Waals surface area contributed by atoms with Gasteiger partial charge in [0.15, 0.2) is 0 Å². The molecule has 3 rings (SSSR count). The molecule has 1 aliphatic rings. The molecule has 1 aliphatic heterocycles. The number of nitrogens with zero attached hydrogens (tertiary/aromatic N) is 4. The van der Waals surface area contributed by atoms with Crippen molar-refractivity contribution in [3.8, 4) is 0 Å². The second-order valence-corrected chi connectivity index (χ2v) is 5.91. The highest BCUT2D eigenvalue weighted by molar-refractivity contribution is 5.72. The van der Waals surface area contributed by atoms with Crippen molar-refractivity contribution in [2.24, 2.45) is 0 Å². The standard InChI is InChI=1S/C15H15F3N4O3/c1-8(9-5-6-11(19-7-9)15(16,17)18)22-14(25)21-10(13(23)24)3-2-4-12(21)20-22/h5-8,10H,2-4H2,1H3,(H,23,24)/t8-,10+/m1/s1. The van der Waals surface area contributed by atoms with Crippen molar-refractivity contribution in [3.63, 3.8) is 0 Å². The monoisotopic (exact) mass is 356 g/mol. The summed E-state index contributed by atoms with van der Waals surface area (Å²) in [4.78, 5) is 27.3. The number of carboxylic acids is 1. The number of halogens is 3. The minimum absolute atomic E-state index is 0.337. The van der Waals surface area contributed by atoms with Crippen LogP contribution in [0.5, 0.6) is 0 Å². The first-order chi connectivity index (χ1) is 11.7. The fourth-order valence-corrected chi connectivity index (χ4v) is 2.95. The first-order valence-electron chi connectivity index (χ1n) is 7.66. The Labute approximate surface area is 139 Å². The van der Waals surface area contributed by atoms with Gasteiger partial charge in [0.05, 0.1) is 6.04 Å². The molecule has 0 aromatic carbocycles. The molecule has 0 bridgehead atoms. The molecular weight excluding hydrogens is 341 g/mol. The zero-order valence-corrected chi connectivity index (χ0v) is 13.2. The van der Waals surface area contributed by atoms with Crippen LogP contribution in [0.2, 0.25) is 0 Å². The molecule has 2 atom stereocenters. The third-order valence-electron chi connectivity index (χ3n) is 4.30. The highest BCUT2D eigenvalue weighted by Crippen LogP contribution is 2.28. The molecule has 10 heteroatoms. The molecule has 1 N–H and O–H groups in total. The summed E-state index contributed by atoms with van der Waals surface area (Å²) in [7, 11) is 0. The zero-order valence-electron chi connectivity index (χ0n) is 13.2. The van der Waals surface area contributed by atoms with Gasteiger partial charge in [0.1, 0.15) is 17.6 Å². The summed E-state index contributed by atoms with van der Waals surface area (Å²) in [6.45, 7) is 1.60. The van der Waals surface area contributed by atoms with E-state index in [4.69, 9.17) is 0 Å². The average Bonchev–Trinajstić information content (AvgIpc) is 2.90. The van der Waals surface area contributed by atoms with Crippen molar-refractivity contribution in [2.45, 2.75) is 44.4 Å². The molecule has 0 saturated carbocycles. The number of carboxylic acid groups (broad SMARTS) is 1. The maximum atomic E-state index is 12.6. The van der Waals surface area contributed by atoms with E-state index in [9.17, 15) is 27.9 Å². The Morgan fingerprint density at radius 2 is 2.12 bits per heavy atom. The number of aliphatic carboxylic acids is 1. The molecule has 134 valence electrons. The molecule has 0 aliphatic carbocycles. The number of rotatable bonds is 3. The molecule has 0 fully saturated rings. The van der Waals surface area contributed by atoms with Gasteiger partial charge in [-0.05, 0) is 31.4 Å². The van der Waals surface area contributed by atoms with Crippen LogP contribution in [0.1, 0.15) is 48.9 Å². The number of hydrogen-bond donors (Lipinski definition) is 1. The van der Waals surface area contributed by atoms with E-state index in [2.05, 4.69) is 10.1 Å². The van der Waals surface area contributed by atoms with E-state index in [1.54, 1.807) is 6.92 Å². The van der Waals surface area contributed by atoms with E-state index >= 15 is 0 Å². The quantitative estimate of drug-likeness (QED) is 0.909. The molecule has 0 saturated heterocycles. The van der Waals surface area contributed by atoms with Gasteiger partial charge in [0.2, 0.25) is 0 Å². The van der Waals surface area contributed by atoms with Crippen molar-refractivity contribution in [1.82, 2.24) is 19.3 Å². The minimum atomic E-state index is -4.54. The lowest BCUT2D eigenvalue weighted by atomic mass is 10.1. The summed E-state index contributed by atoms with van der Waals surface area (Å²) in [5, 5.41) is 13.5. The number of hydrogen-bond acceptors (Lipinski definition) is 4. The summed E-state index contributed by atoms with van der Waals surface area (Å²) in [5.41, 5.74) is -1.24. The maximum Gasteiger partial charge on any atom is 0.433 e. The Kier molecular flexibility index (Phi) is 4.13. The van der Waals surface area contributed by atoms with Crippen LogP contribution in [0.4, 0.5) is 13.2 Å². The van der Waals surface area contributed by atoms with Gasteiger partial charge in [-0.25, -0.2) is 14.3 Å². The Bertz CT molecular complexity index is 854. The van der Waals surface area contributed by atoms with E-state index in [1.165, 1.54) is 6.07 Å². The molecule has 2 aromatic heterocycles. The van der Waals surface area contributed by atoms with E-state index in [0.29, 0.717) is 30.7 Å². The molecule has 0 amide bonds. The van der Waals surface area contributed by atoms with E-state index in [-0.39, 0.29) is 0 Å². The van der Waals surface area contributed by atoms with Gasteiger partial charge in [-0.2, -0.15) is 18.3 Å². The van der Waals surface area contributed by atoms with Crippen LogP contribution in [0.15, 0.2) is 23.1 Å². The Morgan fingerprint density at radius 1 is 1.40 bits per heavy atom. The average molecular weight is 356 g/mol. The highest BCUT2D eigenvalue weighted by atomic mass is 19.4. The lowest BCUT2D eigenvalue weighted by molar-refractivity contribution is -0.142. The molecule has 0 spiro atoms. The summed E-state index contributed by atoms with van der Waals surface area (Å²) in [6, 6.07) is 0.435. The largest absolute Gasteiger partial charge is 0.480 e. The molecule has 25 heavy (non-hydrogen) atoms. The van der Waals surface area contributed by atoms with E-state index in [1.807, 2.05) is 0 Å². The topological polar surface area (TPSA) is 90.0 Å². The van der Waals surface area contributed by atoms with Crippen molar-refractivity contribution < 1.29 is 23.1 Å². The van der Waals surface area contributed by atoms with Gasteiger partial charge < -0.3 is 5.11 Å². The van der Waals surface area contributed by atoms with Gasteiger partial charge in [-0.1, -0.05) is 6.07 Å². The first kappa shape index (κ1) is 17.2. The summed E-state index contributed by atoms with van der Waals surface area (Å²) in [6.07, 6.45) is -2.08. The molecule has 7 nitrogen and oxygen atoms in total. The Hall–Kier alpha value is -2.65. The number of alkyl halides is 3. The van der Waals surface area contributed by atoms with Gasteiger partial charge in [0.25, 0.3) is 0 Å². The summed E-state index contributed by atoms with van der Waals surface area (Å²) >= 11 is 0. The van der Waals surface area contributed by atoms with Crippen LogP contribution in [0, 0.1) is 0 Å². The molecule has 2 aromatic rings. The number of carbonyl (C=O) groups is 1. The van der Waals surface area contributed by atoms with Crippen molar-refractivity contribution in [3.05, 3.63) is 45.9 Å². The van der Waals surface area contributed by atoms with Gasteiger partial charge in [-0.3, -0.25) is 9.55 Å². The lowest BCUT2D eigenvalue weighted by Crippen LogP contribution is -2.35. The first-order valence-corrected chi connectivity index (χ1v) is 7.66. The predicted octanol–water partition coefficient (Wildman–Crippen LogP) is 2.03. The van der Waals surface area contributed by atoms with E-state index < -0.39 is 35.6 Å². The fourth-order valence-electron chi connectivity index (χ4n) is 2.95. The van der Waals surface area contributed by atoms with Gasteiger partial charge in [0, 0.05) is 12.6 Å². The molecular formula is C15H15F3N4O3.